The van der Waals surface area contributed by atoms with Crippen LogP contribution >= 0.6 is 27.5 Å². The fraction of sp³-hybridized carbons (Fsp3) is 0.500. The molecule has 0 spiro atoms. The van der Waals surface area contributed by atoms with Gasteiger partial charge in [-0.1, -0.05) is 25.4 Å². The van der Waals surface area contributed by atoms with Gasteiger partial charge in [-0.3, -0.25) is 0 Å². The minimum atomic E-state index is -0.448. The van der Waals surface area contributed by atoms with Crippen LogP contribution < -0.4 is 5.32 Å². The van der Waals surface area contributed by atoms with Gasteiger partial charge >= 0.3 is 0 Å². The van der Waals surface area contributed by atoms with E-state index < -0.39 is 5.54 Å². The van der Waals surface area contributed by atoms with E-state index in [1.165, 1.54) is 0 Å². The second-order valence-electron chi connectivity index (χ2n) is 5.79. The number of nitrogens with one attached hydrogen (secondary N) is 1. The summed E-state index contributed by atoms with van der Waals surface area (Å²) < 4.78 is 0.847. The molecule has 2 nitrogen and oxygen atoms in total. The molecular formula is C14H16BrClN2. The van der Waals surface area contributed by atoms with Crippen LogP contribution in [0.1, 0.15) is 33.1 Å². The van der Waals surface area contributed by atoms with Crippen molar-refractivity contribution in [1.29, 1.82) is 5.26 Å². The second kappa shape index (κ2) is 4.75. The number of nitrogens with zero attached hydrogens (tertiary/aromatic N) is 1. The SMILES string of the molecule is CC1(C)CCC(C#N)(Nc2ccc(Cl)c(Br)c2)C1. The van der Waals surface area contributed by atoms with Gasteiger partial charge in [0.1, 0.15) is 5.54 Å². The average molecular weight is 328 g/mol. The molecule has 96 valence electrons. The molecule has 1 atom stereocenters. The van der Waals surface area contributed by atoms with Crippen LogP contribution in [0.5, 0.6) is 0 Å². The Hall–Kier alpha value is -0.720. The van der Waals surface area contributed by atoms with Crippen molar-refractivity contribution in [3.63, 3.8) is 0 Å². The first-order chi connectivity index (χ1) is 8.36. The van der Waals surface area contributed by atoms with E-state index in [1.807, 2.05) is 18.2 Å². The molecule has 0 radical (unpaired) electrons. The molecule has 0 saturated heterocycles. The zero-order valence-electron chi connectivity index (χ0n) is 10.6. The van der Waals surface area contributed by atoms with Crippen molar-refractivity contribution in [2.75, 3.05) is 5.32 Å². The first kappa shape index (κ1) is 13.7. The molecule has 18 heavy (non-hydrogen) atoms. The van der Waals surface area contributed by atoms with Gasteiger partial charge in [-0.05, 0) is 58.8 Å². The standard InChI is InChI=1S/C14H16BrClN2/c1-13(2)5-6-14(8-13,9-17)18-10-3-4-12(16)11(15)7-10/h3-4,7,18H,5-6,8H2,1-2H3. The van der Waals surface area contributed by atoms with Gasteiger partial charge < -0.3 is 5.32 Å². The van der Waals surface area contributed by atoms with Crippen LogP contribution in [0.4, 0.5) is 5.69 Å². The monoisotopic (exact) mass is 326 g/mol. The predicted molar refractivity (Wildman–Crippen MR) is 78.8 cm³/mol. The largest absolute Gasteiger partial charge is 0.367 e. The molecule has 0 amide bonds. The van der Waals surface area contributed by atoms with Gasteiger partial charge in [-0.25, -0.2) is 0 Å². The van der Waals surface area contributed by atoms with Crippen molar-refractivity contribution >= 4 is 33.2 Å². The van der Waals surface area contributed by atoms with Crippen LogP contribution in [0, 0.1) is 16.7 Å². The highest BCUT2D eigenvalue weighted by Crippen LogP contribution is 2.45. The molecule has 0 heterocycles. The molecule has 1 saturated carbocycles. The zero-order chi connectivity index (χ0) is 13.4. The summed E-state index contributed by atoms with van der Waals surface area (Å²) in [5.41, 5.74) is 0.717. The van der Waals surface area contributed by atoms with Crippen molar-refractivity contribution in [3.05, 3.63) is 27.7 Å². The van der Waals surface area contributed by atoms with Gasteiger partial charge in [-0.15, -0.1) is 0 Å². The highest BCUT2D eigenvalue weighted by molar-refractivity contribution is 9.10. The summed E-state index contributed by atoms with van der Waals surface area (Å²) in [4.78, 5) is 0. The molecule has 1 aromatic carbocycles. The van der Waals surface area contributed by atoms with Gasteiger partial charge in [0.25, 0.3) is 0 Å². The summed E-state index contributed by atoms with van der Waals surface area (Å²) >= 11 is 9.37. The Morgan fingerprint density at radius 3 is 2.61 bits per heavy atom. The molecule has 0 aliphatic heterocycles. The van der Waals surface area contributed by atoms with Gasteiger partial charge in [-0.2, -0.15) is 5.26 Å². The van der Waals surface area contributed by atoms with Crippen molar-refractivity contribution in [3.8, 4) is 6.07 Å². The van der Waals surface area contributed by atoms with Crippen molar-refractivity contribution in [1.82, 2.24) is 0 Å². The number of benzene rings is 1. The van der Waals surface area contributed by atoms with E-state index in [0.717, 1.165) is 29.4 Å². The first-order valence-electron chi connectivity index (χ1n) is 6.00. The maximum Gasteiger partial charge on any atom is 0.125 e. The second-order valence-corrected chi connectivity index (χ2v) is 7.05. The molecule has 1 aliphatic carbocycles. The number of anilines is 1. The lowest BCUT2D eigenvalue weighted by atomic mass is 9.88. The molecule has 1 fully saturated rings. The van der Waals surface area contributed by atoms with Crippen molar-refractivity contribution in [2.45, 2.75) is 38.6 Å². The smallest absolute Gasteiger partial charge is 0.125 e. The topological polar surface area (TPSA) is 35.8 Å². The number of hydrogen-bond donors (Lipinski definition) is 1. The number of hydrogen-bond acceptors (Lipinski definition) is 2. The average Bonchev–Trinajstić information content (AvgIpc) is 2.60. The maximum absolute atomic E-state index is 9.48. The predicted octanol–water partition coefficient (Wildman–Crippen LogP) is 4.99. The third kappa shape index (κ3) is 2.81. The normalized spacial score (nSPS) is 25.7. The van der Waals surface area contributed by atoms with Crippen LogP contribution in [0.25, 0.3) is 0 Å². The van der Waals surface area contributed by atoms with E-state index in [2.05, 4.69) is 41.2 Å². The summed E-state index contributed by atoms with van der Waals surface area (Å²) in [6.45, 7) is 4.43. The third-order valence-corrected chi connectivity index (χ3v) is 4.74. The fourth-order valence-corrected chi connectivity index (χ4v) is 3.12. The van der Waals surface area contributed by atoms with Gasteiger partial charge in [0.05, 0.1) is 11.1 Å². The highest BCUT2D eigenvalue weighted by Gasteiger charge is 2.43. The summed E-state index contributed by atoms with van der Waals surface area (Å²) in [5.74, 6) is 0. The molecule has 1 N–H and O–H groups in total. The lowest BCUT2D eigenvalue weighted by Gasteiger charge is -2.26. The molecule has 0 bridgehead atoms. The Morgan fingerprint density at radius 2 is 2.11 bits per heavy atom. The fourth-order valence-electron chi connectivity index (χ4n) is 2.63. The van der Waals surface area contributed by atoms with E-state index in [9.17, 15) is 5.26 Å². The minimum absolute atomic E-state index is 0.229. The van der Waals surface area contributed by atoms with Crippen LogP contribution in [0.15, 0.2) is 22.7 Å². The molecule has 2 rings (SSSR count). The number of halogens is 2. The van der Waals surface area contributed by atoms with Gasteiger partial charge in [0.2, 0.25) is 0 Å². The van der Waals surface area contributed by atoms with Crippen LogP contribution in [0.3, 0.4) is 0 Å². The van der Waals surface area contributed by atoms with E-state index in [0.29, 0.717) is 5.02 Å². The Morgan fingerprint density at radius 1 is 1.39 bits per heavy atom. The van der Waals surface area contributed by atoms with Crippen LogP contribution in [0.2, 0.25) is 5.02 Å². The van der Waals surface area contributed by atoms with Crippen molar-refractivity contribution in [2.24, 2.45) is 5.41 Å². The highest BCUT2D eigenvalue weighted by atomic mass is 79.9. The van der Waals surface area contributed by atoms with Crippen molar-refractivity contribution < 1.29 is 0 Å². The summed E-state index contributed by atoms with van der Waals surface area (Å²) in [6, 6.07) is 8.13. The van der Waals surface area contributed by atoms with Crippen LogP contribution in [-0.2, 0) is 0 Å². The van der Waals surface area contributed by atoms with E-state index in [-0.39, 0.29) is 5.41 Å². The Bertz CT molecular complexity index is 507. The summed E-state index contributed by atoms with van der Waals surface area (Å²) in [5, 5.41) is 13.5. The third-order valence-electron chi connectivity index (χ3n) is 3.53. The van der Waals surface area contributed by atoms with E-state index in [4.69, 9.17) is 11.6 Å². The Balaban J connectivity index is 2.22. The quantitative estimate of drug-likeness (QED) is 0.831. The molecule has 1 aliphatic rings. The van der Waals surface area contributed by atoms with E-state index >= 15 is 0 Å². The molecule has 0 aromatic heterocycles. The molecule has 1 unspecified atom stereocenters. The summed E-state index contributed by atoms with van der Waals surface area (Å²) in [7, 11) is 0. The minimum Gasteiger partial charge on any atom is -0.367 e. The maximum atomic E-state index is 9.48. The van der Waals surface area contributed by atoms with Crippen LogP contribution in [-0.4, -0.2) is 5.54 Å². The molecular weight excluding hydrogens is 312 g/mol. The molecule has 1 aromatic rings. The zero-order valence-corrected chi connectivity index (χ0v) is 12.9. The van der Waals surface area contributed by atoms with E-state index in [1.54, 1.807) is 0 Å². The Labute approximate surface area is 121 Å². The van der Waals surface area contributed by atoms with Gasteiger partial charge in [0, 0.05) is 10.2 Å². The lowest BCUT2D eigenvalue weighted by molar-refractivity contribution is 0.368. The van der Waals surface area contributed by atoms with Gasteiger partial charge in [0.15, 0.2) is 0 Å². The number of rotatable bonds is 2. The lowest BCUT2D eigenvalue weighted by Crippen LogP contribution is -2.34. The summed E-state index contributed by atoms with van der Waals surface area (Å²) in [6.07, 6.45) is 2.83. The number of nitriles is 1. The first-order valence-corrected chi connectivity index (χ1v) is 7.17. The Kier molecular flexibility index (Phi) is 3.62. The molecule has 4 heteroatoms.